The van der Waals surface area contributed by atoms with Gasteiger partial charge in [-0.2, -0.15) is 0 Å². The first-order chi connectivity index (χ1) is 13.5. The van der Waals surface area contributed by atoms with Crippen molar-refractivity contribution in [1.29, 1.82) is 5.41 Å². The highest BCUT2D eigenvalue weighted by Crippen LogP contribution is 2.19. The highest BCUT2D eigenvalue weighted by molar-refractivity contribution is 9.09. The van der Waals surface area contributed by atoms with Gasteiger partial charge < -0.3 is 27.5 Å². The summed E-state index contributed by atoms with van der Waals surface area (Å²) in [6.07, 6.45) is 8.18. The van der Waals surface area contributed by atoms with Gasteiger partial charge in [0.05, 0.1) is 11.0 Å². The summed E-state index contributed by atoms with van der Waals surface area (Å²) < 4.78 is 0. The Balaban J connectivity index is 2.30. The van der Waals surface area contributed by atoms with Crippen LogP contribution in [-0.4, -0.2) is 28.1 Å². The molecule has 2 aromatic heterocycles. The topological polar surface area (TPSA) is 126 Å². The number of allylic oxidation sites excluding steroid dienone is 3. The van der Waals surface area contributed by atoms with Crippen LogP contribution in [0, 0.1) is 11.3 Å². The number of anilines is 1. The average molecular weight is 444 g/mol. The minimum atomic E-state index is 0.270. The van der Waals surface area contributed by atoms with Crippen molar-refractivity contribution in [3.63, 3.8) is 0 Å². The SMILES string of the molecule is CC(C)C(=C/N)/C=C(\N)Nc1ccc2ncc(/C(C=N)=C/NCCBr)cc2n1. The standard InChI is InChI=1S/C20H26BrN7/c1-13(2)14(9-22)8-19(24)28-20-4-3-17-18(27-20)7-15(12-26-17)16(10-23)11-25-6-5-21/h3-4,7-13,23,25H,5-6,22,24H2,1-2H3,(H,27,28)/b14-9+,16-11+,19-8+,23-10?. The Labute approximate surface area is 173 Å². The summed E-state index contributed by atoms with van der Waals surface area (Å²) in [7, 11) is 0. The molecule has 2 aromatic rings. The zero-order valence-corrected chi connectivity index (χ0v) is 17.6. The van der Waals surface area contributed by atoms with Crippen molar-refractivity contribution in [1.82, 2.24) is 15.3 Å². The molecule has 0 bridgehead atoms. The maximum atomic E-state index is 7.65. The maximum Gasteiger partial charge on any atom is 0.132 e. The predicted octanol–water partition coefficient (Wildman–Crippen LogP) is 3.32. The number of hydrogen-bond donors (Lipinski definition) is 5. The lowest BCUT2D eigenvalue weighted by molar-refractivity contribution is 0.786. The van der Waals surface area contributed by atoms with E-state index in [9.17, 15) is 0 Å². The lowest BCUT2D eigenvalue weighted by Gasteiger charge is -2.10. The molecular weight excluding hydrogens is 418 g/mol. The van der Waals surface area contributed by atoms with Gasteiger partial charge in [-0.1, -0.05) is 29.8 Å². The van der Waals surface area contributed by atoms with E-state index in [2.05, 4.69) is 36.5 Å². The molecule has 0 atom stereocenters. The summed E-state index contributed by atoms with van der Waals surface area (Å²) in [5.74, 6) is 1.34. The molecule has 28 heavy (non-hydrogen) atoms. The zero-order valence-electron chi connectivity index (χ0n) is 16.0. The molecule has 0 aliphatic rings. The minimum Gasteiger partial charge on any atom is -0.404 e. The Morgan fingerprint density at radius 2 is 2.11 bits per heavy atom. The van der Waals surface area contributed by atoms with E-state index in [1.807, 2.05) is 32.0 Å². The number of alkyl halides is 1. The molecule has 0 aromatic carbocycles. The molecular formula is C20H26BrN7. The van der Waals surface area contributed by atoms with E-state index in [-0.39, 0.29) is 5.92 Å². The molecule has 2 rings (SSSR count). The third kappa shape index (κ3) is 5.82. The fraction of sp³-hybridized carbons (Fsp3) is 0.250. The second-order valence-electron chi connectivity index (χ2n) is 6.39. The van der Waals surface area contributed by atoms with E-state index in [0.29, 0.717) is 17.2 Å². The fourth-order valence-electron chi connectivity index (χ4n) is 2.45. The lowest BCUT2D eigenvalue weighted by Crippen LogP contribution is -2.12. The Bertz CT molecular complexity index is 916. The first-order valence-electron chi connectivity index (χ1n) is 8.91. The summed E-state index contributed by atoms with van der Waals surface area (Å²) in [6, 6.07) is 5.60. The van der Waals surface area contributed by atoms with Crippen LogP contribution in [0.2, 0.25) is 0 Å². The van der Waals surface area contributed by atoms with E-state index >= 15 is 0 Å². The van der Waals surface area contributed by atoms with E-state index in [1.54, 1.807) is 24.7 Å². The van der Waals surface area contributed by atoms with Crippen LogP contribution < -0.4 is 22.1 Å². The number of nitrogens with two attached hydrogens (primary N) is 2. The molecule has 7 nitrogen and oxygen atoms in total. The monoisotopic (exact) mass is 443 g/mol. The number of aromatic nitrogens is 2. The van der Waals surface area contributed by atoms with Gasteiger partial charge in [0.15, 0.2) is 0 Å². The Morgan fingerprint density at radius 1 is 1.32 bits per heavy atom. The summed E-state index contributed by atoms with van der Waals surface area (Å²) in [4.78, 5) is 9.03. The number of pyridine rings is 2. The van der Waals surface area contributed by atoms with E-state index in [4.69, 9.17) is 16.9 Å². The van der Waals surface area contributed by atoms with Crippen LogP contribution in [0.1, 0.15) is 19.4 Å². The number of rotatable bonds is 9. The first-order valence-corrected chi connectivity index (χ1v) is 10.0. The van der Waals surface area contributed by atoms with Crippen LogP contribution in [0.5, 0.6) is 0 Å². The third-order valence-electron chi connectivity index (χ3n) is 3.98. The second kappa shape index (κ2) is 10.5. The summed E-state index contributed by atoms with van der Waals surface area (Å²) >= 11 is 3.36. The molecule has 148 valence electrons. The average Bonchev–Trinajstić information content (AvgIpc) is 2.68. The highest BCUT2D eigenvalue weighted by Gasteiger charge is 2.06. The van der Waals surface area contributed by atoms with Crippen LogP contribution in [0.3, 0.4) is 0 Å². The van der Waals surface area contributed by atoms with Gasteiger partial charge in [-0.25, -0.2) is 4.98 Å². The molecule has 0 amide bonds. The van der Waals surface area contributed by atoms with Gasteiger partial charge in [0.1, 0.15) is 11.6 Å². The molecule has 0 saturated carbocycles. The molecule has 0 spiro atoms. The van der Waals surface area contributed by atoms with E-state index in [0.717, 1.165) is 34.1 Å². The molecule has 8 heteroatoms. The molecule has 0 fully saturated rings. The van der Waals surface area contributed by atoms with Gasteiger partial charge in [0.2, 0.25) is 0 Å². The smallest absolute Gasteiger partial charge is 0.132 e. The van der Waals surface area contributed by atoms with Crippen LogP contribution in [0.15, 0.2) is 54.3 Å². The van der Waals surface area contributed by atoms with Gasteiger partial charge in [-0.05, 0) is 42.0 Å². The maximum absolute atomic E-state index is 7.65. The van der Waals surface area contributed by atoms with Gasteiger partial charge in [0.25, 0.3) is 0 Å². The molecule has 7 N–H and O–H groups in total. The normalized spacial score (nSPS) is 13.1. The van der Waals surface area contributed by atoms with Crippen molar-refractivity contribution in [3.8, 4) is 0 Å². The largest absolute Gasteiger partial charge is 0.404 e. The van der Waals surface area contributed by atoms with Crippen molar-refractivity contribution in [2.24, 2.45) is 17.4 Å². The van der Waals surface area contributed by atoms with Gasteiger partial charge in [-0.3, -0.25) is 4.98 Å². The first kappa shape index (κ1) is 21.4. The van der Waals surface area contributed by atoms with Gasteiger partial charge in [0, 0.05) is 41.6 Å². The van der Waals surface area contributed by atoms with E-state index < -0.39 is 0 Å². The third-order valence-corrected chi connectivity index (χ3v) is 4.37. The zero-order chi connectivity index (χ0) is 20.5. The molecule has 0 radical (unpaired) electrons. The van der Waals surface area contributed by atoms with Crippen molar-refractivity contribution >= 4 is 44.6 Å². The van der Waals surface area contributed by atoms with E-state index in [1.165, 1.54) is 6.21 Å². The summed E-state index contributed by atoms with van der Waals surface area (Å²) in [5, 5.41) is 14.7. The molecule has 0 saturated heterocycles. The van der Waals surface area contributed by atoms with Crippen LogP contribution >= 0.6 is 15.9 Å². The van der Waals surface area contributed by atoms with Gasteiger partial charge in [-0.15, -0.1) is 0 Å². The summed E-state index contributed by atoms with van der Waals surface area (Å²) in [5.41, 5.74) is 15.7. The Kier molecular flexibility index (Phi) is 8.01. The molecule has 0 aliphatic heterocycles. The predicted molar refractivity (Wildman–Crippen MR) is 121 cm³/mol. The number of halogens is 1. The molecule has 0 unspecified atom stereocenters. The van der Waals surface area contributed by atoms with Crippen LogP contribution in [0.25, 0.3) is 16.6 Å². The quantitative estimate of drug-likeness (QED) is 0.175. The Hall–Kier alpha value is -2.87. The number of nitrogens with zero attached hydrogens (tertiary/aromatic N) is 2. The van der Waals surface area contributed by atoms with Crippen LogP contribution in [0.4, 0.5) is 5.82 Å². The van der Waals surface area contributed by atoms with Gasteiger partial charge >= 0.3 is 0 Å². The fourth-order valence-corrected chi connectivity index (χ4v) is 2.68. The molecule has 0 aliphatic carbocycles. The van der Waals surface area contributed by atoms with Crippen molar-refractivity contribution in [2.75, 3.05) is 17.2 Å². The number of nitrogens with one attached hydrogen (secondary N) is 3. The second-order valence-corrected chi connectivity index (χ2v) is 7.18. The van der Waals surface area contributed by atoms with Crippen LogP contribution in [-0.2, 0) is 0 Å². The minimum absolute atomic E-state index is 0.270. The highest BCUT2D eigenvalue weighted by atomic mass is 79.9. The van der Waals surface area contributed by atoms with Crippen molar-refractivity contribution in [3.05, 3.63) is 59.8 Å². The summed E-state index contributed by atoms with van der Waals surface area (Å²) in [6.45, 7) is 4.86. The molecule has 2 heterocycles. The van der Waals surface area contributed by atoms with Crippen molar-refractivity contribution in [2.45, 2.75) is 13.8 Å². The lowest BCUT2D eigenvalue weighted by atomic mass is 10.0. The number of hydrogen-bond acceptors (Lipinski definition) is 7. The number of fused-ring (bicyclic) bond motifs is 1. The Morgan fingerprint density at radius 3 is 2.75 bits per heavy atom. The van der Waals surface area contributed by atoms with Crippen molar-refractivity contribution < 1.29 is 0 Å².